The van der Waals surface area contributed by atoms with E-state index in [0.717, 1.165) is 43.2 Å². The van der Waals surface area contributed by atoms with Crippen molar-refractivity contribution in [3.63, 3.8) is 0 Å². The third kappa shape index (κ3) is 4.49. The van der Waals surface area contributed by atoms with Gasteiger partial charge in [0.1, 0.15) is 0 Å². The Bertz CT molecular complexity index is 860. The highest BCUT2D eigenvalue weighted by atomic mass is 32.1. The maximum Gasteiger partial charge on any atom is 0.234 e. The van der Waals surface area contributed by atoms with Crippen molar-refractivity contribution >= 4 is 17.2 Å². The zero-order valence-corrected chi connectivity index (χ0v) is 19.0. The third-order valence-corrected chi connectivity index (χ3v) is 7.44. The van der Waals surface area contributed by atoms with Crippen LogP contribution in [-0.2, 0) is 11.2 Å². The molecule has 1 aliphatic heterocycles. The molecule has 0 bridgehead atoms. The Kier molecular flexibility index (Phi) is 6.64. The fourth-order valence-electron chi connectivity index (χ4n) is 4.81. The number of benzene rings is 1. The fourth-order valence-corrected chi connectivity index (χ4v) is 5.69. The number of rotatable bonds is 6. The second kappa shape index (κ2) is 9.40. The van der Waals surface area contributed by atoms with Crippen LogP contribution in [0.25, 0.3) is 0 Å². The van der Waals surface area contributed by atoms with Crippen LogP contribution in [0.1, 0.15) is 54.7 Å². The minimum Gasteiger partial charge on any atom is -0.493 e. The van der Waals surface area contributed by atoms with Crippen LogP contribution in [0.3, 0.4) is 0 Å². The molecular formula is C24H32N2O3S. The summed E-state index contributed by atoms with van der Waals surface area (Å²) in [7, 11) is 3.34. The lowest BCUT2D eigenvalue weighted by Gasteiger charge is -2.37. The summed E-state index contributed by atoms with van der Waals surface area (Å²) in [6.07, 6.45) is 5.51. The normalized spacial score (nSPS) is 24.2. The summed E-state index contributed by atoms with van der Waals surface area (Å²) in [5.41, 5.74) is 2.48. The molecule has 30 heavy (non-hydrogen) atoms. The lowest BCUT2D eigenvalue weighted by Crippen LogP contribution is -2.46. The summed E-state index contributed by atoms with van der Waals surface area (Å²) in [5, 5.41) is 5.40. The van der Waals surface area contributed by atoms with Gasteiger partial charge in [0.25, 0.3) is 0 Å². The van der Waals surface area contributed by atoms with E-state index in [-0.39, 0.29) is 11.9 Å². The first kappa shape index (κ1) is 21.2. The monoisotopic (exact) mass is 428 g/mol. The second-order valence-corrected chi connectivity index (χ2v) is 9.55. The van der Waals surface area contributed by atoms with Gasteiger partial charge in [0.2, 0.25) is 5.91 Å². The minimum absolute atomic E-state index is 0.0608. The van der Waals surface area contributed by atoms with E-state index < -0.39 is 0 Å². The molecule has 1 saturated carbocycles. The molecule has 1 aromatic carbocycles. The predicted octanol–water partition coefficient (Wildman–Crippen LogP) is 4.41. The molecule has 1 unspecified atom stereocenters. The summed E-state index contributed by atoms with van der Waals surface area (Å²) in [6.45, 7) is 3.57. The lowest BCUT2D eigenvalue weighted by atomic mass is 9.87. The Morgan fingerprint density at radius 1 is 1.17 bits per heavy atom. The maximum absolute atomic E-state index is 12.9. The molecule has 1 fully saturated rings. The molecule has 162 valence electrons. The highest BCUT2D eigenvalue weighted by molar-refractivity contribution is 7.10. The SMILES string of the molecule is COc1cc2c(cc1OC)C(c1cccs1)N(CC(=O)NC1CCC(C)CC1)CC2. The van der Waals surface area contributed by atoms with Crippen LogP contribution in [0, 0.1) is 5.92 Å². The van der Waals surface area contributed by atoms with Gasteiger partial charge in [-0.3, -0.25) is 9.69 Å². The fraction of sp³-hybridized carbons (Fsp3) is 0.542. The average molecular weight is 429 g/mol. The molecule has 1 amide bonds. The highest BCUT2D eigenvalue weighted by Gasteiger charge is 2.32. The van der Waals surface area contributed by atoms with Crippen LogP contribution in [0.4, 0.5) is 0 Å². The van der Waals surface area contributed by atoms with E-state index in [1.165, 1.54) is 28.8 Å². The Balaban J connectivity index is 1.55. The quantitative estimate of drug-likeness (QED) is 0.741. The van der Waals surface area contributed by atoms with E-state index in [9.17, 15) is 4.79 Å². The molecule has 2 aliphatic rings. The zero-order chi connectivity index (χ0) is 21.1. The molecular weight excluding hydrogens is 396 g/mol. The van der Waals surface area contributed by atoms with Gasteiger partial charge in [0.15, 0.2) is 11.5 Å². The van der Waals surface area contributed by atoms with Crippen molar-refractivity contribution in [2.45, 2.75) is 51.1 Å². The minimum atomic E-state index is 0.0608. The molecule has 1 N–H and O–H groups in total. The van der Waals surface area contributed by atoms with Gasteiger partial charge < -0.3 is 14.8 Å². The van der Waals surface area contributed by atoms with E-state index in [2.05, 4.69) is 46.8 Å². The van der Waals surface area contributed by atoms with Crippen molar-refractivity contribution in [1.82, 2.24) is 10.2 Å². The summed E-state index contributed by atoms with van der Waals surface area (Å²) >= 11 is 1.74. The van der Waals surface area contributed by atoms with Gasteiger partial charge in [-0.1, -0.05) is 13.0 Å². The van der Waals surface area contributed by atoms with Gasteiger partial charge in [-0.15, -0.1) is 11.3 Å². The van der Waals surface area contributed by atoms with Crippen molar-refractivity contribution in [3.05, 3.63) is 45.6 Å². The van der Waals surface area contributed by atoms with Gasteiger partial charge in [-0.25, -0.2) is 0 Å². The topological polar surface area (TPSA) is 50.8 Å². The first-order valence-electron chi connectivity index (χ1n) is 10.9. The summed E-state index contributed by atoms with van der Waals surface area (Å²) in [4.78, 5) is 16.5. The first-order valence-corrected chi connectivity index (χ1v) is 11.8. The van der Waals surface area contributed by atoms with E-state index in [1.54, 1.807) is 25.6 Å². The molecule has 0 spiro atoms. The number of hydrogen-bond acceptors (Lipinski definition) is 5. The summed E-state index contributed by atoms with van der Waals surface area (Å²) < 4.78 is 11.1. The van der Waals surface area contributed by atoms with Gasteiger partial charge in [-0.05, 0) is 72.7 Å². The molecule has 5 nitrogen and oxygen atoms in total. The van der Waals surface area contributed by atoms with Gasteiger partial charge >= 0.3 is 0 Å². The van der Waals surface area contributed by atoms with Crippen molar-refractivity contribution in [2.75, 3.05) is 27.3 Å². The van der Waals surface area contributed by atoms with Crippen molar-refractivity contribution < 1.29 is 14.3 Å². The van der Waals surface area contributed by atoms with E-state index >= 15 is 0 Å². The predicted molar refractivity (Wildman–Crippen MR) is 121 cm³/mol. The highest BCUT2D eigenvalue weighted by Crippen LogP contribution is 2.42. The van der Waals surface area contributed by atoms with Crippen LogP contribution >= 0.6 is 11.3 Å². The number of carbonyl (C=O) groups excluding carboxylic acids is 1. The molecule has 1 aromatic heterocycles. The van der Waals surface area contributed by atoms with E-state index in [0.29, 0.717) is 12.6 Å². The Labute approximate surface area is 183 Å². The largest absolute Gasteiger partial charge is 0.493 e. The smallest absolute Gasteiger partial charge is 0.234 e. The van der Waals surface area contributed by atoms with E-state index in [4.69, 9.17) is 9.47 Å². The van der Waals surface area contributed by atoms with Crippen molar-refractivity contribution in [3.8, 4) is 11.5 Å². The molecule has 0 saturated heterocycles. The molecule has 6 heteroatoms. The number of fused-ring (bicyclic) bond motifs is 1. The third-order valence-electron chi connectivity index (χ3n) is 6.51. The number of hydrogen-bond donors (Lipinski definition) is 1. The number of nitrogens with zero attached hydrogens (tertiary/aromatic N) is 1. The molecule has 1 atom stereocenters. The summed E-state index contributed by atoms with van der Waals surface area (Å²) in [5.74, 6) is 2.42. The number of methoxy groups -OCH3 is 2. The second-order valence-electron chi connectivity index (χ2n) is 8.57. The number of thiophene rings is 1. The molecule has 0 radical (unpaired) electrons. The molecule has 4 rings (SSSR count). The number of amides is 1. The maximum atomic E-state index is 12.9. The summed E-state index contributed by atoms with van der Waals surface area (Å²) in [6, 6.07) is 8.81. The molecule has 1 aliphatic carbocycles. The van der Waals surface area contributed by atoms with Crippen LogP contribution in [0.5, 0.6) is 11.5 Å². The number of carbonyl (C=O) groups is 1. The number of nitrogens with one attached hydrogen (secondary N) is 1. The Morgan fingerprint density at radius 3 is 2.57 bits per heavy atom. The molecule has 2 aromatic rings. The Morgan fingerprint density at radius 2 is 1.90 bits per heavy atom. The first-order chi connectivity index (χ1) is 14.6. The Hall–Kier alpha value is -2.05. The van der Waals surface area contributed by atoms with Gasteiger partial charge in [0.05, 0.1) is 26.8 Å². The van der Waals surface area contributed by atoms with Crippen LogP contribution in [0.2, 0.25) is 0 Å². The molecule has 2 heterocycles. The van der Waals surface area contributed by atoms with Gasteiger partial charge in [0, 0.05) is 17.5 Å². The van der Waals surface area contributed by atoms with Crippen molar-refractivity contribution in [1.29, 1.82) is 0 Å². The van der Waals surface area contributed by atoms with Gasteiger partial charge in [-0.2, -0.15) is 0 Å². The van der Waals surface area contributed by atoms with Crippen LogP contribution in [-0.4, -0.2) is 44.2 Å². The lowest BCUT2D eigenvalue weighted by molar-refractivity contribution is -0.123. The average Bonchev–Trinajstić information content (AvgIpc) is 3.28. The van der Waals surface area contributed by atoms with E-state index in [1.807, 2.05) is 0 Å². The standard InChI is InChI=1S/C24H32N2O3S/c1-16-6-8-18(9-7-16)25-23(27)15-26-11-10-17-13-20(28-2)21(29-3)14-19(17)24(26)22-5-4-12-30-22/h4-5,12-14,16,18,24H,6-11,15H2,1-3H3,(H,25,27). The number of ether oxygens (including phenoxy) is 2. The zero-order valence-electron chi connectivity index (χ0n) is 18.1. The van der Waals surface area contributed by atoms with Crippen LogP contribution in [0.15, 0.2) is 29.6 Å². The van der Waals surface area contributed by atoms with Crippen molar-refractivity contribution in [2.24, 2.45) is 5.92 Å². The van der Waals surface area contributed by atoms with Crippen LogP contribution < -0.4 is 14.8 Å².